The standard InChI is InChI=1S/C19H9F2IN2O4/c20-10-1-4-15(14(21)7-10)23-16-5-3-12(24(26)27)9-18(16)28-17-6-2-11(22)8-13(17)19(23)25/h1-9H. The van der Waals surface area contributed by atoms with Crippen LogP contribution in [-0.2, 0) is 0 Å². The van der Waals surface area contributed by atoms with Crippen LogP contribution >= 0.6 is 22.6 Å². The maximum atomic E-state index is 14.5. The van der Waals surface area contributed by atoms with E-state index < -0.39 is 22.5 Å². The molecule has 0 aliphatic carbocycles. The van der Waals surface area contributed by atoms with Crippen LogP contribution < -0.4 is 9.64 Å². The Labute approximate surface area is 170 Å². The van der Waals surface area contributed by atoms with E-state index in [1.54, 1.807) is 18.2 Å². The smallest absolute Gasteiger partial charge is 0.273 e. The zero-order valence-electron chi connectivity index (χ0n) is 13.9. The summed E-state index contributed by atoms with van der Waals surface area (Å²) in [6.45, 7) is 0. The molecule has 0 fully saturated rings. The van der Waals surface area contributed by atoms with Gasteiger partial charge in [0.2, 0.25) is 0 Å². The lowest BCUT2D eigenvalue weighted by Gasteiger charge is -2.22. The van der Waals surface area contributed by atoms with Crippen molar-refractivity contribution in [3.63, 3.8) is 0 Å². The highest BCUT2D eigenvalue weighted by atomic mass is 127. The molecule has 0 atom stereocenters. The van der Waals surface area contributed by atoms with Gasteiger partial charge in [0.25, 0.3) is 11.6 Å². The number of benzene rings is 3. The number of ether oxygens (including phenoxy) is 1. The number of hydrogen-bond acceptors (Lipinski definition) is 4. The molecule has 28 heavy (non-hydrogen) atoms. The second-order valence-electron chi connectivity index (χ2n) is 5.89. The van der Waals surface area contributed by atoms with Crippen LogP contribution in [0.2, 0.25) is 0 Å². The number of halogens is 3. The van der Waals surface area contributed by atoms with Crippen LogP contribution in [0.25, 0.3) is 0 Å². The van der Waals surface area contributed by atoms with Crippen molar-refractivity contribution in [2.75, 3.05) is 4.90 Å². The zero-order chi connectivity index (χ0) is 20.0. The number of amides is 1. The van der Waals surface area contributed by atoms with Crippen molar-refractivity contribution in [3.8, 4) is 11.5 Å². The van der Waals surface area contributed by atoms with E-state index in [2.05, 4.69) is 0 Å². The molecule has 0 saturated heterocycles. The van der Waals surface area contributed by atoms with Gasteiger partial charge in [-0.2, -0.15) is 0 Å². The van der Waals surface area contributed by atoms with Crippen LogP contribution in [-0.4, -0.2) is 10.8 Å². The molecule has 1 amide bonds. The minimum atomic E-state index is -0.952. The Kier molecular flexibility index (Phi) is 4.46. The van der Waals surface area contributed by atoms with Crippen LogP contribution in [0.1, 0.15) is 10.4 Å². The summed E-state index contributed by atoms with van der Waals surface area (Å²) < 4.78 is 34.4. The Bertz CT molecular complexity index is 1150. The number of nitrogens with zero attached hydrogens (tertiary/aromatic N) is 2. The Balaban J connectivity index is 2.00. The summed E-state index contributed by atoms with van der Waals surface area (Å²) >= 11 is 2.02. The van der Waals surface area contributed by atoms with Crippen molar-refractivity contribution in [2.24, 2.45) is 0 Å². The lowest BCUT2D eigenvalue weighted by molar-refractivity contribution is -0.384. The number of hydrogen-bond donors (Lipinski definition) is 0. The quantitative estimate of drug-likeness (QED) is 0.266. The Morgan fingerprint density at radius 3 is 2.43 bits per heavy atom. The fourth-order valence-electron chi connectivity index (χ4n) is 2.89. The molecule has 6 nitrogen and oxygen atoms in total. The number of nitro benzene ring substituents is 1. The first-order chi connectivity index (χ1) is 13.3. The van der Waals surface area contributed by atoms with E-state index in [0.717, 1.165) is 26.7 Å². The molecule has 0 N–H and O–H groups in total. The van der Waals surface area contributed by atoms with Crippen LogP contribution in [0.15, 0.2) is 54.6 Å². The van der Waals surface area contributed by atoms with E-state index in [-0.39, 0.29) is 34.1 Å². The third-order valence-electron chi connectivity index (χ3n) is 4.14. The summed E-state index contributed by atoms with van der Waals surface area (Å²) in [4.78, 5) is 24.8. The highest BCUT2D eigenvalue weighted by Gasteiger charge is 2.32. The van der Waals surface area contributed by atoms with Crippen molar-refractivity contribution in [3.05, 3.63) is 85.5 Å². The number of fused-ring (bicyclic) bond motifs is 2. The molecular weight excluding hydrogens is 485 g/mol. The van der Waals surface area contributed by atoms with Crippen LogP contribution in [0.5, 0.6) is 11.5 Å². The van der Waals surface area contributed by atoms with Crippen molar-refractivity contribution >= 4 is 45.6 Å². The van der Waals surface area contributed by atoms with Gasteiger partial charge in [-0.3, -0.25) is 19.8 Å². The number of rotatable bonds is 2. The van der Waals surface area contributed by atoms with Gasteiger partial charge in [0.1, 0.15) is 17.4 Å². The van der Waals surface area contributed by atoms with E-state index in [4.69, 9.17) is 4.74 Å². The predicted octanol–water partition coefficient (Wildman–Crippen LogP) is 5.56. The zero-order valence-corrected chi connectivity index (χ0v) is 16.0. The molecule has 0 bridgehead atoms. The number of non-ortho nitro benzene ring substituents is 1. The van der Waals surface area contributed by atoms with Gasteiger partial charge in [0.05, 0.1) is 27.9 Å². The van der Waals surface area contributed by atoms with Gasteiger partial charge in [-0.05, 0) is 59.0 Å². The van der Waals surface area contributed by atoms with Gasteiger partial charge in [-0.25, -0.2) is 8.78 Å². The summed E-state index contributed by atoms with van der Waals surface area (Å²) in [5.74, 6) is -2.17. The number of anilines is 2. The molecule has 0 unspecified atom stereocenters. The van der Waals surface area contributed by atoms with E-state index in [1.807, 2.05) is 22.6 Å². The number of nitro groups is 1. The third kappa shape index (κ3) is 3.07. The van der Waals surface area contributed by atoms with Crippen LogP contribution in [0.4, 0.5) is 25.8 Å². The average Bonchev–Trinajstić information content (AvgIpc) is 2.76. The molecule has 3 aromatic carbocycles. The van der Waals surface area contributed by atoms with E-state index >= 15 is 0 Å². The molecule has 3 aromatic rings. The predicted molar refractivity (Wildman–Crippen MR) is 105 cm³/mol. The van der Waals surface area contributed by atoms with Gasteiger partial charge < -0.3 is 4.74 Å². The second kappa shape index (κ2) is 6.82. The largest absolute Gasteiger partial charge is 0.454 e. The molecule has 1 aliphatic heterocycles. The normalized spacial score (nSPS) is 12.7. The Hall–Kier alpha value is -3.08. The monoisotopic (exact) mass is 494 g/mol. The highest BCUT2D eigenvalue weighted by molar-refractivity contribution is 14.1. The van der Waals surface area contributed by atoms with Crippen molar-refractivity contribution in [2.45, 2.75) is 0 Å². The maximum Gasteiger partial charge on any atom is 0.273 e. The first kappa shape index (κ1) is 18.3. The Morgan fingerprint density at radius 2 is 1.71 bits per heavy atom. The van der Waals surface area contributed by atoms with Crippen molar-refractivity contribution < 1.29 is 23.2 Å². The molecule has 0 radical (unpaired) electrons. The van der Waals surface area contributed by atoms with Crippen LogP contribution in [0, 0.1) is 25.3 Å². The van der Waals surface area contributed by atoms with E-state index in [9.17, 15) is 23.7 Å². The van der Waals surface area contributed by atoms with Gasteiger partial charge in [-0.15, -0.1) is 0 Å². The van der Waals surface area contributed by atoms with E-state index in [1.165, 1.54) is 12.1 Å². The average molecular weight is 494 g/mol. The minimum absolute atomic E-state index is 0.00577. The number of carbonyl (C=O) groups excluding carboxylic acids is 1. The molecule has 4 rings (SSSR count). The van der Waals surface area contributed by atoms with Crippen LogP contribution in [0.3, 0.4) is 0 Å². The van der Waals surface area contributed by atoms with Gasteiger partial charge in [0.15, 0.2) is 5.75 Å². The lowest BCUT2D eigenvalue weighted by Crippen LogP contribution is -2.26. The molecule has 140 valence electrons. The first-order valence-electron chi connectivity index (χ1n) is 7.90. The second-order valence-corrected chi connectivity index (χ2v) is 7.13. The molecule has 9 heteroatoms. The fraction of sp³-hybridized carbons (Fsp3) is 0. The molecule has 0 saturated carbocycles. The molecule has 0 aromatic heterocycles. The lowest BCUT2D eigenvalue weighted by atomic mass is 10.1. The first-order valence-corrected chi connectivity index (χ1v) is 8.98. The van der Waals surface area contributed by atoms with Gasteiger partial charge in [-0.1, -0.05) is 0 Å². The fourth-order valence-corrected chi connectivity index (χ4v) is 3.38. The highest BCUT2D eigenvalue weighted by Crippen LogP contribution is 2.44. The van der Waals surface area contributed by atoms with Gasteiger partial charge >= 0.3 is 0 Å². The SMILES string of the molecule is O=C1c2cc(I)ccc2Oc2cc([N+](=O)[O-])ccc2N1c1ccc(F)cc1F. The molecule has 0 spiro atoms. The third-order valence-corrected chi connectivity index (χ3v) is 4.81. The van der Waals surface area contributed by atoms with E-state index in [0.29, 0.717) is 6.07 Å². The topological polar surface area (TPSA) is 72.7 Å². The van der Waals surface area contributed by atoms with Crippen molar-refractivity contribution in [1.82, 2.24) is 0 Å². The summed E-state index contributed by atoms with van der Waals surface area (Å²) in [6.07, 6.45) is 0. The Morgan fingerprint density at radius 1 is 0.964 bits per heavy atom. The maximum absolute atomic E-state index is 14.5. The summed E-state index contributed by atoms with van der Waals surface area (Å²) in [5.41, 5.74) is -0.196. The summed E-state index contributed by atoms with van der Waals surface area (Å²) in [5, 5.41) is 11.1. The molecular formula is C19H9F2IN2O4. The minimum Gasteiger partial charge on any atom is -0.454 e. The molecule has 1 heterocycles. The summed E-state index contributed by atoms with van der Waals surface area (Å²) in [7, 11) is 0. The number of carbonyl (C=O) groups is 1. The van der Waals surface area contributed by atoms with Gasteiger partial charge in [0, 0.05) is 15.7 Å². The molecule has 1 aliphatic rings. The van der Waals surface area contributed by atoms with Crippen molar-refractivity contribution in [1.29, 1.82) is 0 Å². The summed E-state index contributed by atoms with van der Waals surface area (Å²) in [6, 6.07) is 11.3.